The molecule has 0 spiro atoms. The average Bonchev–Trinajstić information content (AvgIpc) is 2.72. The maximum Gasteiger partial charge on any atom is 0.228 e. The normalized spacial score (nSPS) is 16.8. The molecule has 0 atom stereocenters. The summed E-state index contributed by atoms with van der Waals surface area (Å²) in [6, 6.07) is 0. The van der Waals surface area contributed by atoms with Crippen LogP contribution in [0.3, 0.4) is 0 Å². The van der Waals surface area contributed by atoms with Gasteiger partial charge in [0.05, 0.1) is 29.7 Å². The monoisotopic (exact) mass is 259 g/mol. The van der Waals surface area contributed by atoms with Crippen LogP contribution in [0, 0.1) is 0 Å². The Bertz CT molecular complexity index is 533. The third kappa shape index (κ3) is 1.88. The van der Waals surface area contributed by atoms with Crippen LogP contribution in [0.2, 0.25) is 0 Å². The Kier molecular flexibility index (Phi) is 3.01. The minimum Gasteiger partial charge on any atom is -0.318 e. The van der Waals surface area contributed by atoms with Crippen LogP contribution >= 0.6 is 0 Å². The summed E-state index contributed by atoms with van der Waals surface area (Å²) in [5.41, 5.74) is 1.46. The molecule has 2 rings (SSSR count). The lowest BCUT2D eigenvalue weighted by Crippen LogP contribution is -2.21. The van der Waals surface area contributed by atoms with Crippen molar-refractivity contribution < 1.29 is 13.6 Å². The van der Waals surface area contributed by atoms with Gasteiger partial charge in [-0.15, -0.1) is 0 Å². The molecule has 6 nitrogen and oxygen atoms in total. The first-order chi connectivity index (χ1) is 7.87. The fourth-order valence-corrected chi connectivity index (χ4v) is 3.18. The third-order valence-electron chi connectivity index (χ3n) is 2.98. The maximum absolute atomic E-state index is 12.1. The quantitative estimate of drug-likeness (QED) is 0.868. The number of aromatic nitrogens is 2. The van der Waals surface area contributed by atoms with E-state index in [4.69, 9.17) is 0 Å². The van der Waals surface area contributed by atoms with E-state index in [9.17, 15) is 13.6 Å². The van der Waals surface area contributed by atoms with Gasteiger partial charge in [-0.05, 0) is 20.8 Å². The van der Waals surface area contributed by atoms with Crippen molar-refractivity contribution in [1.29, 1.82) is 0 Å². The number of sulfone groups is 1. The van der Waals surface area contributed by atoms with E-state index >= 15 is 0 Å². The van der Waals surface area contributed by atoms with Gasteiger partial charge in [0.25, 0.3) is 0 Å². The molecule has 1 aromatic heterocycles. The van der Waals surface area contributed by atoms with E-state index in [1.807, 2.05) is 6.92 Å². The number of hydrogen-bond donors (Lipinski definition) is 1. The van der Waals surface area contributed by atoms with Gasteiger partial charge in [0.1, 0.15) is 0 Å². The third-order valence-corrected chi connectivity index (χ3v) is 5.04. The zero-order valence-corrected chi connectivity index (χ0v) is 11.0. The molecule has 1 N–H and O–H groups in total. The first-order valence-electron chi connectivity index (χ1n) is 5.64. The molecule has 0 radical (unpaired) electrons. The largest absolute Gasteiger partial charge is 0.318 e. The Morgan fingerprint density at radius 1 is 1.41 bits per heavy atom. The van der Waals surface area contributed by atoms with Gasteiger partial charge in [-0.1, -0.05) is 0 Å². The van der Waals surface area contributed by atoms with E-state index in [-0.39, 0.29) is 5.16 Å². The van der Waals surface area contributed by atoms with E-state index in [1.54, 1.807) is 18.4 Å². The molecule has 0 aromatic carbocycles. The van der Waals surface area contributed by atoms with Crippen LogP contribution in [0.4, 0.5) is 0 Å². The van der Waals surface area contributed by atoms with Gasteiger partial charge in [-0.2, -0.15) is 5.06 Å². The summed E-state index contributed by atoms with van der Waals surface area (Å²) in [6.07, 6.45) is 0. The Hall–Kier alpha value is -0.920. The molecule has 0 fully saturated rings. The van der Waals surface area contributed by atoms with Crippen LogP contribution in [0.15, 0.2) is 5.16 Å². The summed E-state index contributed by atoms with van der Waals surface area (Å²) in [5.74, 6) is 0. The highest BCUT2D eigenvalue weighted by atomic mass is 32.2. The van der Waals surface area contributed by atoms with Crippen molar-refractivity contribution >= 4 is 9.84 Å². The van der Waals surface area contributed by atoms with Crippen LogP contribution in [0.1, 0.15) is 32.2 Å². The Morgan fingerprint density at radius 3 is 2.59 bits per heavy atom. The fourth-order valence-electron chi connectivity index (χ4n) is 1.97. The van der Waals surface area contributed by atoms with Crippen LogP contribution in [-0.4, -0.2) is 33.5 Å². The summed E-state index contributed by atoms with van der Waals surface area (Å²) >= 11 is 0. The highest BCUT2D eigenvalue weighted by Crippen LogP contribution is 2.26. The molecule has 0 amide bonds. The molecule has 2 heterocycles. The first-order valence-corrected chi connectivity index (χ1v) is 7.18. The summed E-state index contributed by atoms with van der Waals surface area (Å²) in [4.78, 5) is 4.18. The lowest BCUT2D eigenvalue weighted by Gasteiger charge is -2.12. The molecule has 7 heteroatoms. The molecule has 0 aliphatic carbocycles. The second-order valence-electron chi connectivity index (χ2n) is 4.45. The van der Waals surface area contributed by atoms with Crippen LogP contribution < -0.4 is 0 Å². The topological polar surface area (TPSA) is 75.4 Å². The minimum atomic E-state index is -3.36. The van der Waals surface area contributed by atoms with Crippen molar-refractivity contribution in [1.82, 2.24) is 14.6 Å². The first kappa shape index (κ1) is 12.5. The highest BCUT2D eigenvalue weighted by Gasteiger charge is 2.32. The molecule has 0 unspecified atom stereocenters. The zero-order valence-electron chi connectivity index (χ0n) is 10.2. The summed E-state index contributed by atoms with van der Waals surface area (Å²) in [7, 11) is -3.36. The van der Waals surface area contributed by atoms with Gasteiger partial charge < -0.3 is 9.77 Å². The lowest BCUT2D eigenvalue weighted by molar-refractivity contribution is -0.0988. The molecule has 1 aliphatic rings. The van der Waals surface area contributed by atoms with E-state index < -0.39 is 15.1 Å². The van der Waals surface area contributed by atoms with Crippen molar-refractivity contribution in [2.75, 3.05) is 0 Å². The number of hydroxylamine groups is 2. The SMILES string of the molecule is CCn1c(S(=O)(=O)C(C)C)nc2c1CN(O)C2. The molecule has 0 bridgehead atoms. The number of nitrogens with zero attached hydrogens (tertiary/aromatic N) is 3. The van der Waals surface area contributed by atoms with Crippen molar-refractivity contribution in [2.45, 2.75) is 50.8 Å². The standard InChI is InChI=1S/C10H17N3O3S/c1-4-13-9-6-12(14)5-8(9)11-10(13)17(15,16)7(2)3/h7,14H,4-6H2,1-3H3. The number of hydrogen-bond acceptors (Lipinski definition) is 5. The molecule has 1 aromatic rings. The Labute approximate surface area is 101 Å². The molecule has 0 saturated carbocycles. The van der Waals surface area contributed by atoms with Crippen molar-refractivity contribution in [3.8, 4) is 0 Å². The van der Waals surface area contributed by atoms with Crippen LogP contribution in [0.5, 0.6) is 0 Å². The Balaban J connectivity index is 2.56. The maximum atomic E-state index is 12.1. The van der Waals surface area contributed by atoms with Gasteiger partial charge in [-0.25, -0.2) is 13.4 Å². The van der Waals surface area contributed by atoms with Gasteiger partial charge >= 0.3 is 0 Å². The second kappa shape index (κ2) is 4.08. The van der Waals surface area contributed by atoms with Gasteiger partial charge in [0.2, 0.25) is 15.0 Å². The van der Waals surface area contributed by atoms with Gasteiger partial charge in [-0.3, -0.25) is 0 Å². The molecule has 1 aliphatic heterocycles. The molecular weight excluding hydrogens is 242 g/mol. The van der Waals surface area contributed by atoms with Crippen molar-refractivity contribution in [3.63, 3.8) is 0 Å². The van der Waals surface area contributed by atoms with E-state index in [0.29, 0.717) is 25.3 Å². The van der Waals surface area contributed by atoms with Crippen LogP contribution in [-0.2, 0) is 29.5 Å². The van der Waals surface area contributed by atoms with Gasteiger partial charge in [0, 0.05) is 6.54 Å². The second-order valence-corrected chi connectivity index (χ2v) is 6.85. The number of rotatable bonds is 3. The predicted molar refractivity (Wildman–Crippen MR) is 61.3 cm³/mol. The Morgan fingerprint density at radius 2 is 2.06 bits per heavy atom. The van der Waals surface area contributed by atoms with E-state index in [1.165, 1.54) is 0 Å². The smallest absolute Gasteiger partial charge is 0.228 e. The minimum absolute atomic E-state index is 0.133. The summed E-state index contributed by atoms with van der Waals surface area (Å²) in [5, 5.41) is 10.2. The molecule has 17 heavy (non-hydrogen) atoms. The van der Waals surface area contributed by atoms with Crippen molar-refractivity contribution in [2.24, 2.45) is 0 Å². The van der Waals surface area contributed by atoms with Crippen molar-refractivity contribution in [3.05, 3.63) is 11.4 Å². The fraction of sp³-hybridized carbons (Fsp3) is 0.700. The molecule has 0 saturated heterocycles. The average molecular weight is 259 g/mol. The van der Waals surface area contributed by atoms with Gasteiger partial charge in [0.15, 0.2) is 0 Å². The highest BCUT2D eigenvalue weighted by molar-refractivity contribution is 7.91. The van der Waals surface area contributed by atoms with E-state index in [0.717, 1.165) is 10.8 Å². The summed E-state index contributed by atoms with van der Waals surface area (Å²) in [6.45, 7) is 6.34. The lowest BCUT2D eigenvalue weighted by atomic mass is 10.4. The molecular formula is C10H17N3O3S. The number of imidazole rings is 1. The predicted octanol–water partition coefficient (Wildman–Crippen LogP) is 0.790. The summed E-state index contributed by atoms with van der Waals surface area (Å²) < 4.78 is 26.0. The molecule has 96 valence electrons. The zero-order chi connectivity index (χ0) is 12.8. The van der Waals surface area contributed by atoms with E-state index in [2.05, 4.69) is 4.98 Å². The van der Waals surface area contributed by atoms with Crippen LogP contribution in [0.25, 0.3) is 0 Å². The number of fused-ring (bicyclic) bond motifs is 1.